The molecule has 1 fully saturated rings. The summed E-state index contributed by atoms with van der Waals surface area (Å²) in [6.07, 6.45) is 4.36. The summed E-state index contributed by atoms with van der Waals surface area (Å²) in [5.41, 5.74) is 0. The molecule has 1 aliphatic rings. The molecule has 0 radical (unpaired) electrons. The molecule has 2 unspecified atom stereocenters. The molecule has 4 nitrogen and oxygen atoms in total. The maximum absolute atomic E-state index is 9.00. The Hall–Kier alpha value is -0.610. The number of hydrogen-bond donors (Lipinski definition) is 1. The van der Waals surface area contributed by atoms with E-state index in [9.17, 15) is 0 Å². The zero-order valence-corrected chi connectivity index (χ0v) is 10.9. The van der Waals surface area contributed by atoms with E-state index in [1.807, 2.05) is 0 Å². The Kier molecular flexibility index (Phi) is 8.21. The Morgan fingerprint density at radius 2 is 2.12 bits per heavy atom. The second kappa shape index (κ2) is 8.53. The molecule has 4 heteroatoms. The monoisotopic (exact) mass is 231 g/mol. The number of rotatable bonds is 3. The molecule has 2 atom stereocenters. The Bertz CT molecular complexity index is 193. The first-order valence-corrected chi connectivity index (χ1v) is 6.05. The molecule has 0 spiro atoms. The van der Waals surface area contributed by atoms with Gasteiger partial charge in [-0.3, -0.25) is 9.69 Å². The van der Waals surface area contributed by atoms with E-state index in [2.05, 4.69) is 25.7 Å². The predicted molar refractivity (Wildman–Crippen MR) is 64.4 cm³/mol. The van der Waals surface area contributed by atoms with E-state index >= 15 is 0 Å². The third-order valence-electron chi connectivity index (χ3n) is 2.73. The van der Waals surface area contributed by atoms with Crippen LogP contribution in [0.4, 0.5) is 0 Å². The van der Waals surface area contributed by atoms with Gasteiger partial charge in [0.05, 0.1) is 0 Å². The fraction of sp³-hybridized carbons (Fsp3) is 0.917. The van der Waals surface area contributed by atoms with Crippen LogP contribution in [0.1, 0.15) is 47.0 Å². The zero-order chi connectivity index (χ0) is 12.6. The quantitative estimate of drug-likeness (QED) is 0.810. The number of ether oxygens (including phenoxy) is 1. The molecule has 0 aromatic heterocycles. The Morgan fingerprint density at radius 3 is 2.56 bits per heavy atom. The molecule has 0 aliphatic carbocycles. The number of likely N-dealkylation sites (tertiary alicyclic amines) is 1. The Morgan fingerprint density at radius 1 is 1.56 bits per heavy atom. The van der Waals surface area contributed by atoms with E-state index in [1.165, 1.54) is 25.8 Å². The number of aliphatic carboxylic acids is 1. The van der Waals surface area contributed by atoms with Crippen LogP contribution in [0, 0.1) is 0 Å². The van der Waals surface area contributed by atoms with Gasteiger partial charge in [-0.25, -0.2) is 0 Å². The van der Waals surface area contributed by atoms with Crippen LogP contribution in [-0.2, 0) is 9.53 Å². The zero-order valence-electron chi connectivity index (χ0n) is 10.9. The van der Waals surface area contributed by atoms with Crippen LogP contribution in [0.5, 0.6) is 0 Å². The van der Waals surface area contributed by atoms with Crippen LogP contribution < -0.4 is 0 Å². The fourth-order valence-corrected chi connectivity index (χ4v) is 2.00. The van der Waals surface area contributed by atoms with Gasteiger partial charge >= 0.3 is 0 Å². The lowest BCUT2D eigenvalue weighted by Gasteiger charge is -2.37. The van der Waals surface area contributed by atoms with Crippen molar-refractivity contribution in [3.8, 4) is 0 Å². The number of carboxylic acids is 1. The molecular weight excluding hydrogens is 206 g/mol. The minimum Gasteiger partial charge on any atom is -0.481 e. The van der Waals surface area contributed by atoms with Gasteiger partial charge < -0.3 is 9.84 Å². The average molecular weight is 231 g/mol. The van der Waals surface area contributed by atoms with Gasteiger partial charge in [0, 0.05) is 26.1 Å². The summed E-state index contributed by atoms with van der Waals surface area (Å²) in [5, 5.41) is 7.42. The van der Waals surface area contributed by atoms with Crippen molar-refractivity contribution in [3.05, 3.63) is 0 Å². The predicted octanol–water partition coefficient (Wildman–Crippen LogP) is 2.33. The Labute approximate surface area is 98.6 Å². The first kappa shape index (κ1) is 15.4. The van der Waals surface area contributed by atoms with E-state index < -0.39 is 5.97 Å². The van der Waals surface area contributed by atoms with Gasteiger partial charge in [-0.15, -0.1) is 0 Å². The van der Waals surface area contributed by atoms with Crippen LogP contribution >= 0.6 is 0 Å². The molecule has 0 aromatic rings. The maximum atomic E-state index is 9.00. The second-order valence-electron chi connectivity index (χ2n) is 4.16. The molecule has 16 heavy (non-hydrogen) atoms. The van der Waals surface area contributed by atoms with Crippen LogP contribution in [0.2, 0.25) is 0 Å². The first-order valence-electron chi connectivity index (χ1n) is 6.05. The highest BCUT2D eigenvalue weighted by Gasteiger charge is 2.22. The van der Waals surface area contributed by atoms with Gasteiger partial charge in [0.1, 0.15) is 6.23 Å². The first-order chi connectivity index (χ1) is 7.49. The van der Waals surface area contributed by atoms with Gasteiger partial charge in [-0.2, -0.15) is 0 Å². The van der Waals surface area contributed by atoms with E-state index in [-0.39, 0.29) is 0 Å². The van der Waals surface area contributed by atoms with Crippen molar-refractivity contribution < 1.29 is 14.6 Å². The molecule has 0 amide bonds. The SMILES string of the molecule is CC(=O)O.CCOC(C)N1CCCCC1C. The topological polar surface area (TPSA) is 49.8 Å². The summed E-state index contributed by atoms with van der Waals surface area (Å²) in [6, 6.07) is 0.709. The molecule has 1 heterocycles. The van der Waals surface area contributed by atoms with E-state index in [0.29, 0.717) is 12.3 Å². The highest BCUT2D eigenvalue weighted by atomic mass is 16.5. The molecule has 0 aromatic carbocycles. The minimum absolute atomic E-state index is 0.310. The van der Waals surface area contributed by atoms with Crippen molar-refractivity contribution in [3.63, 3.8) is 0 Å². The lowest BCUT2D eigenvalue weighted by Crippen LogP contribution is -2.44. The third kappa shape index (κ3) is 6.80. The van der Waals surface area contributed by atoms with Crippen molar-refractivity contribution >= 4 is 5.97 Å². The molecule has 1 saturated heterocycles. The average Bonchev–Trinajstić information content (AvgIpc) is 2.17. The van der Waals surface area contributed by atoms with E-state index in [1.54, 1.807) is 0 Å². The lowest BCUT2D eigenvalue weighted by molar-refractivity contribution is -0.134. The standard InChI is InChI=1S/C10H21NO.C2H4O2/c1-4-12-10(3)11-8-6-5-7-9(11)2;1-2(3)4/h9-10H,4-8H2,1-3H3;1H3,(H,3,4). The maximum Gasteiger partial charge on any atom is 0.300 e. The number of carboxylic acid groups (broad SMARTS) is 1. The van der Waals surface area contributed by atoms with Crippen LogP contribution in [0.15, 0.2) is 0 Å². The summed E-state index contributed by atoms with van der Waals surface area (Å²) < 4.78 is 5.58. The third-order valence-corrected chi connectivity index (χ3v) is 2.73. The molecule has 1 aliphatic heterocycles. The van der Waals surface area contributed by atoms with E-state index in [0.717, 1.165) is 13.5 Å². The van der Waals surface area contributed by atoms with Gasteiger partial charge in [0.15, 0.2) is 0 Å². The normalized spacial score (nSPS) is 23.1. The number of piperidine rings is 1. The van der Waals surface area contributed by atoms with Crippen LogP contribution in [0.25, 0.3) is 0 Å². The molecule has 96 valence electrons. The van der Waals surface area contributed by atoms with Crippen molar-refractivity contribution in [2.45, 2.75) is 59.2 Å². The van der Waals surface area contributed by atoms with Crippen molar-refractivity contribution in [1.82, 2.24) is 4.90 Å². The van der Waals surface area contributed by atoms with Crippen LogP contribution in [-0.4, -0.2) is 41.4 Å². The van der Waals surface area contributed by atoms with Gasteiger partial charge in [0.2, 0.25) is 0 Å². The fourth-order valence-electron chi connectivity index (χ4n) is 2.00. The number of hydrogen-bond acceptors (Lipinski definition) is 3. The molecular formula is C12H25NO3. The lowest BCUT2D eigenvalue weighted by atomic mass is 10.0. The van der Waals surface area contributed by atoms with Crippen molar-refractivity contribution in [2.24, 2.45) is 0 Å². The summed E-state index contributed by atoms with van der Waals surface area (Å²) >= 11 is 0. The highest BCUT2D eigenvalue weighted by Crippen LogP contribution is 2.19. The Balaban J connectivity index is 0.000000487. The second-order valence-corrected chi connectivity index (χ2v) is 4.16. The van der Waals surface area contributed by atoms with Gasteiger partial charge in [-0.05, 0) is 33.6 Å². The van der Waals surface area contributed by atoms with Crippen molar-refractivity contribution in [1.29, 1.82) is 0 Å². The summed E-state index contributed by atoms with van der Waals surface area (Å²) in [7, 11) is 0. The number of nitrogens with zero attached hydrogens (tertiary/aromatic N) is 1. The molecule has 0 saturated carbocycles. The van der Waals surface area contributed by atoms with Crippen LogP contribution in [0.3, 0.4) is 0 Å². The number of carbonyl (C=O) groups is 1. The summed E-state index contributed by atoms with van der Waals surface area (Å²) in [5.74, 6) is -0.833. The largest absolute Gasteiger partial charge is 0.481 e. The smallest absolute Gasteiger partial charge is 0.300 e. The van der Waals surface area contributed by atoms with Gasteiger partial charge in [0.25, 0.3) is 5.97 Å². The van der Waals surface area contributed by atoms with Gasteiger partial charge in [-0.1, -0.05) is 6.42 Å². The molecule has 1 rings (SSSR count). The van der Waals surface area contributed by atoms with Crippen molar-refractivity contribution in [2.75, 3.05) is 13.2 Å². The minimum atomic E-state index is -0.833. The summed E-state index contributed by atoms with van der Waals surface area (Å²) in [4.78, 5) is 11.5. The van der Waals surface area contributed by atoms with E-state index in [4.69, 9.17) is 14.6 Å². The highest BCUT2D eigenvalue weighted by molar-refractivity contribution is 5.62. The molecule has 1 N–H and O–H groups in total. The summed E-state index contributed by atoms with van der Waals surface area (Å²) in [6.45, 7) is 9.64. The molecule has 0 bridgehead atoms.